The van der Waals surface area contributed by atoms with E-state index in [0.29, 0.717) is 17.9 Å². The van der Waals surface area contributed by atoms with Crippen molar-refractivity contribution in [2.24, 2.45) is 0 Å². The van der Waals surface area contributed by atoms with Gasteiger partial charge < -0.3 is 14.8 Å². The average molecular weight is 222 g/mol. The van der Waals surface area contributed by atoms with Crippen LogP contribution in [0.3, 0.4) is 0 Å². The standard InChI is InChI=1S/C11H15BO4/c1-3-4-16-11-6-9(8(2)13)5-10(7-11)12(14)15/h5-7,14-15H,3-4H2,1-2H3. The second-order valence-corrected chi connectivity index (χ2v) is 3.57. The van der Waals surface area contributed by atoms with Crippen LogP contribution in [0.2, 0.25) is 0 Å². The van der Waals surface area contributed by atoms with E-state index in [1.54, 1.807) is 6.07 Å². The molecule has 0 aliphatic rings. The fraction of sp³-hybridized carbons (Fsp3) is 0.364. The Morgan fingerprint density at radius 3 is 2.56 bits per heavy atom. The van der Waals surface area contributed by atoms with Gasteiger partial charge in [0.05, 0.1) is 6.61 Å². The van der Waals surface area contributed by atoms with Crippen molar-refractivity contribution in [3.63, 3.8) is 0 Å². The summed E-state index contributed by atoms with van der Waals surface area (Å²) in [7, 11) is -1.59. The van der Waals surface area contributed by atoms with Gasteiger partial charge in [0.2, 0.25) is 0 Å². The molecule has 5 heteroatoms. The predicted molar refractivity (Wildman–Crippen MR) is 62.1 cm³/mol. The summed E-state index contributed by atoms with van der Waals surface area (Å²) in [4.78, 5) is 11.2. The van der Waals surface area contributed by atoms with Crippen LogP contribution in [0.25, 0.3) is 0 Å². The molecule has 4 nitrogen and oxygen atoms in total. The van der Waals surface area contributed by atoms with Crippen molar-refractivity contribution in [3.05, 3.63) is 23.8 Å². The van der Waals surface area contributed by atoms with E-state index in [1.807, 2.05) is 6.92 Å². The normalized spacial score (nSPS) is 10.0. The number of Topliss-reactive ketones (excluding diaryl/α,β-unsaturated/α-hetero) is 1. The van der Waals surface area contributed by atoms with Crippen LogP contribution in [-0.4, -0.2) is 29.6 Å². The molecule has 0 radical (unpaired) electrons. The fourth-order valence-corrected chi connectivity index (χ4v) is 1.28. The summed E-state index contributed by atoms with van der Waals surface area (Å²) in [5, 5.41) is 18.1. The maximum atomic E-state index is 11.2. The highest BCUT2D eigenvalue weighted by Gasteiger charge is 2.14. The molecule has 0 fully saturated rings. The quantitative estimate of drug-likeness (QED) is 0.557. The molecule has 2 N–H and O–H groups in total. The number of benzene rings is 1. The van der Waals surface area contributed by atoms with E-state index in [0.717, 1.165) is 6.42 Å². The lowest BCUT2D eigenvalue weighted by molar-refractivity contribution is 0.101. The van der Waals surface area contributed by atoms with Crippen LogP contribution in [0.1, 0.15) is 30.6 Å². The van der Waals surface area contributed by atoms with E-state index in [2.05, 4.69) is 0 Å². The Balaban J connectivity index is 3.03. The van der Waals surface area contributed by atoms with Gasteiger partial charge in [0.25, 0.3) is 0 Å². The van der Waals surface area contributed by atoms with Crippen LogP contribution in [0.4, 0.5) is 0 Å². The van der Waals surface area contributed by atoms with Gasteiger partial charge in [-0.05, 0) is 30.9 Å². The maximum absolute atomic E-state index is 11.2. The Morgan fingerprint density at radius 2 is 2.06 bits per heavy atom. The minimum atomic E-state index is -1.59. The van der Waals surface area contributed by atoms with Crippen molar-refractivity contribution in [1.29, 1.82) is 0 Å². The van der Waals surface area contributed by atoms with Gasteiger partial charge in [-0.25, -0.2) is 0 Å². The van der Waals surface area contributed by atoms with E-state index < -0.39 is 7.12 Å². The van der Waals surface area contributed by atoms with Crippen LogP contribution in [-0.2, 0) is 0 Å². The summed E-state index contributed by atoms with van der Waals surface area (Å²) in [5.41, 5.74) is 0.676. The Bertz CT molecular complexity index is 376. The summed E-state index contributed by atoms with van der Waals surface area (Å²) in [6.07, 6.45) is 0.849. The lowest BCUT2D eigenvalue weighted by Gasteiger charge is -2.09. The molecule has 0 unspecified atom stereocenters. The molecular weight excluding hydrogens is 207 g/mol. The largest absolute Gasteiger partial charge is 0.494 e. The Morgan fingerprint density at radius 1 is 1.38 bits per heavy atom. The molecule has 0 saturated heterocycles. The summed E-state index contributed by atoms with van der Waals surface area (Å²) < 4.78 is 5.36. The highest BCUT2D eigenvalue weighted by atomic mass is 16.5. The lowest BCUT2D eigenvalue weighted by atomic mass is 9.79. The topological polar surface area (TPSA) is 66.8 Å². The molecule has 0 aromatic heterocycles. The highest BCUT2D eigenvalue weighted by Crippen LogP contribution is 2.13. The number of rotatable bonds is 5. The van der Waals surface area contributed by atoms with E-state index >= 15 is 0 Å². The van der Waals surface area contributed by atoms with Crippen molar-refractivity contribution in [2.45, 2.75) is 20.3 Å². The molecule has 0 atom stereocenters. The number of hydrogen-bond donors (Lipinski definition) is 2. The number of ketones is 1. The molecule has 16 heavy (non-hydrogen) atoms. The molecule has 86 valence electrons. The van der Waals surface area contributed by atoms with Gasteiger partial charge in [-0.1, -0.05) is 13.0 Å². The van der Waals surface area contributed by atoms with Crippen LogP contribution >= 0.6 is 0 Å². The monoisotopic (exact) mass is 222 g/mol. The number of ether oxygens (including phenoxy) is 1. The molecule has 0 aliphatic heterocycles. The van der Waals surface area contributed by atoms with Crippen LogP contribution in [0.15, 0.2) is 18.2 Å². The van der Waals surface area contributed by atoms with Crippen molar-refractivity contribution in [2.75, 3.05) is 6.61 Å². The molecular formula is C11H15BO4. The van der Waals surface area contributed by atoms with Crippen LogP contribution < -0.4 is 10.2 Å². The van der Waals surface area contributed by atoms with E-state index in [-0.39, 0.29) is 11.2 Å². The van der Waals surface area contributed by atoms with Crippen molar-refractivity contribution < 1.29 is 19.6 Å². The van der Waals surface area contributed by atoms with Gasteiger partial charge in [-0.15, -0.1) is 0 Å². The van der Waals surface area contributed by atoms with Gasteiger partial charge in [-0.2, -0.15) is 0 Å². The molecule has 1 aromatic rings. The molecule has 1 rings (SSSR count). The summed E-state index contributed by atoms with van der Waals surface area (Å²) in [6, 6.07) is 4.57. The van der Waals surface area contributed by atoms with Crippen molar-refractivity contribution in [1.82, 2.24) is 0 Å². The summed E-state index contributed by atoms with van der Waals surface area (Å²) >= 11 is 0. The third-order valence-electron chi connectivity index (χ3n) is 2.11. The van der Waals surface area contributed by atoms with Crippen molar-refractivity contribution >= 4 is 18.4 Å². The van der Waals surface area contributed by atoms with Gasteiger partial charge >= 0.3 is 7.12 Å². The van der Waals surface area contributed by atoms with Crippen LogP contribution in [0.5, 0.6) is 5.75 Å². The maximum Gasteiger partial charge on any atom is 0.488 e. The van der Waals surface area contributed by atoms with Crippen molar-refractivity contribution in [3.8, 4) is 5.75 Å². The SMILES string of the molecule is CCCOc1cc(B(O)O)cc(C(C)=O)c1. The number of hydrogen-bond acceptors (Lipinski definition) is 4. The fourth-order valence-electron chi connectivity index (χ4n) is 1.28. The molecule has 0 saturated carbocycles. The first-order valence-corrected chi connectivity index (χ1v) is 5.19. The number of carbonyl (C=O) groups excluding carboxylic acids is 1. The Hall–Kier alpha value is -1.33. The molecule has 0 spiro atoms. The zero-order chi connectivity index (χ0) is 12.1. The smallest absolute Gasteiger partial charge is 0.488 e. The van der Waals surface area contributed by atoms with Gasteiger partial charge in [0, 0.05) is 5.56 Å². The lowest BCUT2D eigenvalue weighted by Crippen LogP contribution is -2.30. The predicted octanol–water partition coefficient (Wildman–Crippen LogP) is 0.358. The first-order valence-electron chi connectivity index (χ1n) is 5.19. The second kappa shape index (κ2) is 5.68. The minimum absolute atomic E-state index is 0.135. The minimum Gasteiger partial charge on any atom is -0.494 e. The molecule has 0 bridgehead atoms. The first kappa shape index (κ1) is 12.7. The summed E-state index contributed by atoms with van der Waals surface area (Å²) in [5.74, 6) is 0.349. The Labute approximate surface area is 95.0 Å². The zero-order valence-corrected chi connectivity index (χ0v) is 9.43. The van der Waals surface area contributed by atoms with E-state index in [4.69, 9.17) is 14.8 Å². The third-order valence-corrected chi connectivity index (χ3v) is 2.11. The third kappa shape index (κ3) is 3.36. The molecule has 1 aromatic carbocycles. The summed E-state index contributed by atoms with van der Waals surface area (Å²) in [6.45, 7) is 3.92. The van der Waals surface area contributed by atoms with Gasteiger partial charge in [0.15, 0.2) is 5.78 Å². The van der Waals surface area contributed by atoms with Gasteiger partial charge in [0.1, 0.15) is 5.75 Å². The molecule has 0 aliphatic carbocycles. The van der Waals surface area contributed by atoms with Crippen LogP contribution in [0, 0.1) is 0 Å². The van der Waals surface area contributed by atoms with E-state index in [1.165, 1.54) is 19.1 Å². The second-order valence-electron chi connectivity index (χ2n) is 3.57. The highest BCUT2D eigenvalue weighted by molar-refractivity contribution is 6.58. The molecule has 0 amide bonds. The average Bonchev–Trinajstić information content (AvgIpc) is 2.25. The zero-order valence-electron chi connectivity index (χ0n) is 9.43. The first-order chi connectivity index (χ1) is 7.54. The van der Waals surface area contributed by atoms with E-state index in [9.17, 15) is 4.79 Å². The number of carbonyl (C=O) groups is 1. The Kier molecular flexibility index (Phi) is 4.52. The van der Waals surface area contributed by atoms with Gasteiger partial charge in [-0.3, -0.25) is 4.79 Å². The molecule has 0 heterocycles.